The highest BCUT2D eigenvalue weighted by molar-refractivity contribution is 7.99. The van der Waals surface area contributed by atoms with Crippen LogP contribution in [-0.4, -0.2) is 20.3 Å². The van der Waals surface area contributed by atoms with Crippen molar-refractivity contribution in [1.82, 2.24) is 14.5 Å². The van der Waals surface area contributed by atoms with Crippen LogP contribution >= 0.6 is 46.3 Å². The van der Waals surface area contributed by atoms with Crippen LogP contribution in [0, 0.1) is 0 Å². The number of fused-ring (bicyclic) bond motifs is 1. The van der Waals surface area contributed by atoms with Crippen LogP contribution < -0.4 is 0 Å². The van der Waals surface area contributed by atoms with E-state index in [1.54, 1.807) is 35.5 Å². The number of alkyl halides is 3. The molecule has 156 valence electrons. The number of hydrogen-bond acceptors (Lipinski definition) is 4. The maximum absolute atomic E-state index is 13.1. The van der Waals surface area contributed by atoms with Crippen LogP contribution in [-0.2, 0) is 13.2 Å². The predicted octanol–water partition coefficient (Wildman–Crippen LogP) is 7.80. The molecule has 30 heavy (non-hydrogen) atoms. The summed E-state index contributed by atoms with van der Waals surface area (Å²) < 4.78 is 40.9. The third-order valence-electron chi connectivity index (χ3n) is 4.46. The van der Waals surface area contributed by atoms with Gasteiger partial charge in [-0.3, -0.25) is 0 Å². The number of hydrogen-bond donors (Lipinski definition) is 0. The zero-order valence-corrected chi connectivity index (χ0v) is 18.9. The number of halogens is 5. The highest BCUT2D eigenvalue weighted by atomic mass is 35.5. The number of rotatable bonds is 4. The number of benzene rings is 1. The minimum absolute atomic E-state index is 0.236. The number of thioether (sulfide) groups is 1. The standard InChI is InChI=1S/C20H14Cl2F3N3S2/c1-3-29-17-15(22)16(10-4-6-11(21)7-5-10)30-18(17)19-27-12-8-14(20(23,24)25)26-9-13(12)28(19)2/h4-9H,3H2,1-2H3. The van der Waals surface area contributed by atoms with Gasteiger partial charge in [0.1, 0.15) is 5.69 Å². The van der Waals surface area contributed by atoms with Crippen LogP contribution in [0.2, 0.25) is 10.0 Å². The molecule has 0 aliphatic rings. The molecule has 0 atom stereocenters. The lowest BCUT2D eigenvalue weighted by Gasteiger charge is -2.05. The molecule has 4 rings (SSSR count). The molecule has 1 aromatic carbocycles. The van der Waals surface area contributed by atoms with Crippen molar-refractivity contribution in [2.24, 2.45) is 7.05 Å². The number of aromatic nitrogens is 3. The summed E-state index contributed by atoms with van der Waals surface area (Å²) in [7, 11) is 1.76. The second kappa shape index (κ2) is 8.07. The normalized spacial score (nSPS) is 12.1. The molecule has 0 bridgehead atoms. The van der Waals surface area contributed by atoms with Gasteiger partial charge >= 0.3 is 6.18 Å². The summed E-state index contributed by atoms with van der Waals surface area (Å²) in [5.41, 5.74) is 0.704. The molecule has 0 radical (unpaired) electrons. The van der Waals surface area contributed by atoms with E-state index < -0.39 is 11.9 Å². The van der Waals surface area contributed by atoms with E-state index >= 15 is 0 Å². The quantitative estimate of drug-likeness (QED) is 0.275. The van der Waals surface area contributed by atoms with Crippen molar-refractivity contribution < 1.29 is 13.2 Å². The monoisotopic (exact) mass is 487 g/mol. The molecule has 0 N–H and O–H groups in total. The van der Waals surface area contributed by atoms with E-state index in [4.69, 9.17) is 23.2 Å². The summed E-state index contributed by atoms with van der Waals surface area (Å²) in [4.78, 5) is 10.6. The average Bonchev–Trinajstić information content (AvgIpc) is 3.19. The van der Waals surface area contributed by atoms with Crippen molar-refractivity contribution in [3.05, 3.63) is 52.3 Å². The van der Waals surface area contributed by atoms with Crippen molar-refractivity contribution in [1.29, 1.82) is 0 Å². The highest BCUT2D eigenvalue weighted by Gasteiger charge is 2.33. The van der Waals surface area contributed by atoms with E-state index in [0.29, 0.717) is 21.4 Å². The smallest absolute Gasteiger partial charge is 0.325 e. The van der Waals surface area contributed by atoms with Crippen LogP contribution in [0.5, 0.6) is 0 Å². The molecule has 0 saturated carbocycles. The number of pyridine rings is 1. The summed E-state index contributed by atoms with van der Waals surface area (Å²) in [5.74, 6) is 1.34. The molecule has 10 heteroatoms. The molecule has 0 amide bonds. The Morgan fingerprint density at radius 2 is 1.83 bits per heavy atom. The minimum atomic E-state index is -4.52. The van der Waals surface area contributed by atoms with Gasteiger partial charge in [-0.1, -0.05) is 42.3 Å². The van der Waals surface area contributed by atoms with E-state index in [1.807, 2.05) is 19.1 Å². The van der Waals surface area contributed by atoms with E-state index in [1.165, 1.54) is 17.5 Å². The fraction of sp³-hybridized carbons (Fsp3) is 0.200. The van der Waals surface area contributed by atoms with Gasteiger partial charge in [0.2, 0.25) is 0 Å². The summed E-state index contributed by atoms with van der Waals surface area (Å²) >= 11 is 15.8. The Hall–Kier alpha value is -1.74. The molecule has 4 aromatic rings. The van der Waals surface area contributed by atoms with Crippen molar-refractivity contribution in [2.75, 3.05) is 5.75 Å². The van der Waals surface area contributed by atoms with Crippen LogP contribution in [0.25, 0.3) is 32.2 Å². The molecule has 3 nitrogen and oxygen atoms in total. The molecule has 0 unspecified atom stereocenters. The van der Waals surface area contributed by atoms with E-state index in [2.05, 4.69) is 9.97 Å². The Balaban J connectivity index is 1.91. The molecule has 0 fully saturated rings. The molecule has 0 aliphatic heterocycles. The van der Waals surface area contributed by atoms with Gasteiger partial charge in [0.05, 0.1) is 32.0 Å². The fourth-order valence-corrected chi connectivity index (χ4v) is 5.94. The maximum atomic E-state index is 13.1. The van der Waals surface area contributed by atoms with E-state index in [9.17, 15) is 13.2 Å². The molecule has 3 aromatic heterocycles. The first-order valence-electron chi connectivity index (χ1n) is 8.81. The summed E-state index contributed by atoms with van der Waals surface area (Å²) in [6.45, 7) is 2.01. The fourth-order valence-electron chi connectivity index (χ4n) is 3.05. The van der Waals surface area contributed by atoms with Gasteiger partial charge in [0.25, 0.3) is 0 Å². The summed E-state index contributed by atoms with van der Waals surface area (Å²) in [6, 6.07) is 8.33. The molecular formula is C20H14Cl2F3N3S2. The number of nitrogens with zero attached hydrogens (tertiary/aromatic N) is 3. The Morgan fingerprint density at radius 1 is 1.13 bits per heavy atom. The van der Waals surface area contributed by atoms with Gasteiger partial charge < -0.3 is 4.57 Å². The summed E-state index contributed by atoms with van der Waals surface area (Å²) in [6.07, 6.45) is -3.32. The first kappa shape index (κ1) is 21.5. The Kier molecular flexibility index (Phi) is 5.78. The lowest BCUT2D eigenvalue weighted by Crippen LogP contribution is -2.07. The maximum Gasteiger partial charge on any atom is 0.433 e. The molecule has 0 aliphatic carbocycles. The summed E-state index contributed by atoms with van der Waals surface area (Å²) in [5, 5.41) is 1.23. The minimum Gasteiger partial charge on any atom is -0.325 e. The largest absolute Gasteiger partial charge is 0.433 e. The molecule has 0 saturated heterocycles. The highest BCUT2D eigenvalue weighted by Crippen LogP contribution is 2.49. The van der Waals surface area contributed by atoms with Crippen LogP contribution in [0.3, 0.4) is 0 Å². The van der Waals surface area contributed by atoms with Gasteiger partial charge in [0, 0.05) is 17.0 Å². The van der Waals surface area contributed by atoms with Gasteiger partial charge in [-0.2, -0.15) is 13.2 Å². The van der Waals surface area contributed by atoms with Gasteiger partial charge in [0.15, 0.2) is 5.82 Å². The average molecular weight is 488 g/mol. The third kappa shape index (κ3) is 3.82. The first-order valence-corrected chi connectivity index (χ1v) is 11.4. The van der Waals surface area contributed by atoms with Crippen LogP contribution in [0.15, 0.2) is 41.4 Å². The number of thiophene rings is 1. The van der Waals surface area contributed by atoms with E-state index in [-0.39, 0.29) is 5.52 Å². The van der Waals surface area contributed by atoms with E-state index in [0.717, 1.165) is 32.0 Å². The Labute approximate surface area is 188 Å². The number of imidazole rings is 1. The zero-order valence-electron chi connectivity index (χ0n) is 15.7. The SMILES string of the molecule is CCSc1c(-c2nc3cc(C(F)(F)F)ncc3n2C)sc(-c2ccc(Cl)cc2)c1Cl. The van der Waals surface area contributed by atoms with Crippen LogP contribution in [0.4, 0.5) is 13.2 Å². The lowest BCUT2D eigenvalue weighted by atomic mass is 10.2. The zero-order chi connectivity index (χ0) is 21.6. The van der Waals surface area contributed by atoms with Gasteiger partial charge in [-0.15, -0.1) is 23.1 Å². The second-order valence-electron chi connectivity index (χ2n) is 6.39. The molecule has 0 spiro atoms. The van der Waals surface area contributed by atoms with Crippen molar-refractivity contribution in [2.45, 2.75) is 18.0 Å². The van der Waals surface area contributed by atoms with Gasteiger partial charge in [-0.25, -0.2) is 9.97 Å². The van der Waals surface area contributed by atoms with Crippen molar-refractivity contribution >= 4 is 57.3 Å². The number of aryl methyl sites for hydroxylation is 1. The van der Waals surface area contributed by atoms with Crippen molar-refractivity contribution in [3.63, 3.8) is 0 Å². The molecular weight excluding hydrogens is 474 g/mol. The third-order valence-corrected chi connectivity index (χ3v) is 7.67. The van der Waals surface area contributed by atoms with Crippen LogP contribution in [0.1, 0.15) is 12.6 Å². The Bertz CT molecular complexity index is 1230. The second-order valence-corrected chi connectivity index (χ2v) is 9.50. The van der Waals surface area contributed by atoms with Gasteiger partial charge in [-0.05, 0) is 29.5 Å². The predicted molar refractivity (Wildman–Crippen MR) is 119 cm³/mol. The Morgan fingerprint density at radius 3 is 2.47 bits per heavy atom. The van der Waals surface area contributed by atoms with Crippen molar-refractivity contribution in [3.8, 4) is 21.1 Å². The molecule has 3 heterocycles. The lowest BCUT2D eigenvalue weighted by molar-refractivity contribution is -0.141. The topological polar surface area (TPSA) is 30.7 Å². The first-order chi connectivity index (χ1) is 14.2.